The van der Waals surface area contributed by atoms with Crippen LogP contribution >= 0.6 is 31.6 Å². The second-order valence-corrected chi connectivity index (χ2v) is 9.98. The first-order chi connectivity index (χ1) is 12.7. The normalized spacial score (nSPS) is 12.4. The monoisotopic (exact) mass is 425 g/mol. The molecule has 0 spiro atoms. The van der Waals surface area contributed by atoms with Crippen LogP contribution in [0, 0.1) is 0 Å². The van der Waals surface area contributed by atoms with Crippen molar-refractivity contribution in [3.05, 3.63) is 60.2 Å². The molecule has 0 unspecified atom stereocenters. The number of aryl methyl sites for hydroxylation is 1. The van der Waals surface area contributed by atoms with Gasteiger partial charge in [-0.25, -0.2) is 0 Å². The van der Waals surface area contributed by atoms with Crippen LogP contribution in [0.2, 0.25) is 0 Å². The summed E-state index contributed by atoms with van der Waals surface area (Å²) in [4.78, 5) is 20.5. The highest BCUT2D eigenvalue weighted by Gasteiger charge is 2.23. The Labute approximate surface area is 169 Å². The Morgan fingerprint density at radius 1 is 1.15 bits per heavy atom. The number of para-hydroxylation sites is 1. The lowest BCUT2D eigenvalue weighted by molar-refractivity contribution is 0.372. The molecule has 0 aliphatic carbocycles. The molecule has 0 heterocycles. The van der Waals surface area contributed by atoms with Crippen LogP contribution in [0.15, 0.2) is 54.6 Å². The number of hydrogen-bond donors (Lipinski definition) is 2. The van der Waals surface area contributed by atoms with Gasteiger partial charge in [0.25, 0.3) is 0 Å². The molecule has 0 bridgehead atoms. The van der Waals surface area contributed by atoms with Crippen LogP contribution in [0.1, 0.15) is 12.0 Å². The van der Waals surface area contributed by atoms with Crippen LogP contribution in [-0.2, 0) is 11.0 Å². The van der Waals surface area contributed by atoms with Gasteiger partial charge >= 0.3 is 7.60 Å². The topological polar surface area (TPSA) is 70.0 Å². The predicted octanol–water partition coefficient (Wildman–Crippen LogP) is 4.54. The van der Waals surface area contributed by atoms with Crippen LogP contribution in [-0.4, -0.2) is 44.5 Å². The maximum Gasteiger partial charge on any atom is 0.326 e. The molecule has 5 nitrogen and oxygen atoms in total. The van der Waals surface area contributed by atoms with E-state index in [9.17, 15) is 14.4 Å². The number of ether oxygens (including phenoxy) is 1. The molecule has 0 aliphatic rings. The van der Waals surface area contributed by atoms with Crippen LogP contribution in [0.5, 0.6) is 11.5 Å². The summed E-state index contributed by atoms with van der Waals surface area (Å²) in [5, 5.41) is -0.251. The number of thiocarbonyl (C=S) groups is 1. The van der Waals surface area contributed by atoms with Crippen molar-refractivity contribution in [2.45, 2.75) is 18.1 Å². The fourth-order valence-corrected chi connectivity index (χ4v) is 5.15. The minimum Gasteiger partial charge on any atom is -0.457 e. The summed E-state index contributed by atoms with van der Waals surface area (Å²) in [6.07, 6.45) is 1.10. The van der Waals surface area contributed by atoms with Crippen molar-refractivity contribution in [3.63, 3.8) is 0 Å². The molecule has 8 heteroatoms. The number of nitrogens with zero attached hydrogens (tertiary/aromatic N) is 1. The molecule has 27 heavy (non-hydrogen) atoms. The number of hydrogen-bond acceptors (Lipinski definition) is 4. The Kier molecular flexibility index (Phi) is 8.32. The Hall–Kier alpha value is -1.37. The third kappa shape index (κ3) is 8.45. The first-order valence-corrected chi connectivity index (χ1v) is 11.6. The van der Waals surface area contributed by atoms with Crippen LogP contribution in [0.3, 0.4) is 0 Å². The average Bonchev–Trinajstić information content (AvgIpc) is 2.59. The highest BCUT2D eigenvalue weighted by Crippen LogP contribution is 2.40. The van der Waals surface area contributed by atoms with Gasteiger partial charge in [0.2, 0.25) is 0 Å². The summed E-state index contributed by atoms with van der Waals surface area (Å²) in [5.41, 5.74) is 1.05. The molecule has 0 fully saturated rings. The third-order valence-electron chi connectivity index (χ3n) is 3.71. The van der Waals surface area contributed by atoms with Gasteiger partial charge in [0.15, 0.2) is 0 Å². The molecule has 2 aromatic rings. The Morgan fingerprint density at radius 3 is 2.44 bits per heavy atom. The van der Waals surface area contributed by atoms with Gasteiger partial charge in [-0.2, -0.15) is 0 Å². The predicted molar refractivity (Wildman–Crippen MR) is 116 cm³/mol. The van der Waals surface area contributed by atoms with Gasteiger partial charge in [0.05, 0.1) is 6.16 Å². The summed E-state index contributed by atoms with van der Waals surface area (Å²) in [7, 11) is -0.453. The zero-order valence-corrected chi connectivity index (χ0v) is 17.8. The van der Waals surface area contributed by atoms with Gasteiger partial charge in [-0.15, -0.1) is 0 Å². The first-order valence-electron chi connectivity index (χ1n) is 8.47. The summed E-state index contributed by atoms with van der Waals surface area (Å²) < 4.78 is 17.9. The fourth-order valence-electron chi connectivity index (χ4n) is 2.42. The lowest BCUT2D eigenvalue weighted by Crippen LogP contribution is -2.22. The maximum absolute atomic E-state index is 11.5. The molecule has 0 aromatic heterocycles. The minimum atomic E-state index is -4.11. The third-order valence-corrected chi connectivity index (χ3v) is 6.83. The molecular weight excluding hydrogens is 401 g/mol. The standard InChI is InChI=1S/C19H24NO4PS2/c1-20(2)19(26)27-18(14-25(21,22)23)12-11-15-7-6-10-17(13-15)24-16-8-4-3-5-9-16/h3-10,13,18H,11-12,14H2,1-2H3,(H2,21,22,23)/t18-/m1/s1. The minimum absolute atomic E-state index is 0.189. The Bertz CT molecular complexity index is 795. The first kappa shape index (κ1) is 21.9. The molecule has 146 valence electrons. The van der Waals surface area contributed by atoms with Gasteiger partial charge in [-0.1, -0.05) is 54.3 Å². The quantitative estimate of drug-likeness (QED) is 0.475. The van der Waals surface area contributed by atoms with Crippen molar-refractivity contribution >= 4 is 35.9 Å². The number of benzene rings is 2. The summed E-state index contributed by atoms with van der Waals surface area (Å²) >= 11 is 6.62. The maximum atomic E-state index is 11.5. The molecule has 1 atom stereocenters. The lowest BCUT2D eigenvalue weighted by Gasteiger charge is -2.21. The van der Waals surface area contributed by atoms with Crippen molar-refractivity contribution in [3.8, 4) is 11.5 Å². The van der Waals surface area contributed by atoms with Crippen molar-refractivity contribution in [2.24, 2.45) is 0 Å². The smallest absolute Gasteiger partial charge is 0.326 e. The van der Waals surface area contributed by atoms with E-state index in [2.05, 4.69) is 0 Å². The molecular formula is C19H24NO4PS2. The average molecular weight is 426 g/mol. The van der Waals surface area contributed by atoms with E-state index in [0.29, 0.717) is 17.2 Å². The zero-order chi connectivity index (χ0) is 19.9. The molecule has 2 N–H and O–H groups in total. The highest BCUT2D eigenvalue weighted by molar-refractivity contribution is 8.23. The van der Waals surface area contributed by atoms with Crippen LogP contribution in [0.4, 0.5) is 0 Å². The fraction of sp³-hybridized carbons (Fsp3) is 0.316. The van der Waals surface area contributed by atoms with Gasteiger partial charge in [-0.3, -0.25) is 4.57 Å². The van der Waals surface area contributed by atoms with Crippen LogP contribution < -0.4 is 4.74 Å². The zero-order valence-electron chi connectivity index (χ0n) is 15.3. The molecule has 2 rings (SSSR count). The Balaban J connectivity index is 2.01. The second-order valence-electron chi connectivity index (χ2n) is 6.35. The van der Waals surface area contributed by atoms with Gasteiger partial charge in [0.1, 0.15) is 15.8 Å². The summed E-state index contributed by atoms with van der Waals surface area (Å²) in [6.45, 7) is 0. The van der Waals surface area contributed by atoms with Crippen LogP contribution in [0.25, 0.3) is 0 Å². The molecule has 0 radical (unpaired) electrons. The van der Waals surface area contributed by atoms with E-state index in [1.807, 2.05) is 68.7 Å². The molecule has 0 saturated heterocycles. The van der Waals surface area contributed by atoms with E-state index < -0.39 is 7.60 Å². The van der Waals surface area contributed by atoms with Gasteiger partial charge in [0, 0.05) is 19.3 Å². The van der Waals surface area contributed by atoms with Crippen molar-refractivity contribution in [1.82, 2.24) is 4.90 Å². The SMILES string of the molecule is CN(C)C(=S)S[C@H](CCc1cccc(Oc2ccccc2)c1)CP(=O)(O)O. The van der Waals surface area contributed by atoms with E-state index in [1.54, 1.807) is 4.90 Å². The largest absolute Gasteiger partial charge is 0.457 e. The lowest BCUT2D eigenvalue weighted by atomic mass is 10.1. The van der Waals surface area contributed by atoms with E-state index in [-0.39, 0.29) is 11.4 Å². The van der Waals surface area contributed by atoms with Gasteiger partial charge in [-0.05, 0) is 42.7 Å². The molecule has 0 saturated carbocycles. The summed E-state index contributed by atoms with van der Waals surface area (Å²) in [5.74, 6) is 1.50. The van der Waals surface area contributed by atoms with E-state index in [4.69, 9.17) is 17.0 Å². The Morgan fingerprint density at radius 2 is 1.81 bits per heavy atom. The molecule has 0 aliphatic heterocycles. The number of thioether (sulfide) groups is 1. The van der Waals surface area contributed by atoms with Crippen molar-refractivity contribution < 1.29 is 19.1 Å². The summed E-state index contributed by atoms with van der Waals surface area (Å²) in [6, 6.07) is 17.3. The van der Waals surface area contributed by atoms with E-state index in [0.717, 1.165) is 17.1 Å². The molecule has 2 aromatic carbocycles. The highest BCUT2D eigenvalue weighted by atomic mass is 32.2. The molecule has 0 amide bonds. The second kappa shape index (κ2) is 10.2. The van der Waals surface area contributed by atoms with Crippen molar-refractivity contribution in [2.75, 3.05) is 20.3 Å². The number of rotatable bonds is 8. The van der Waals surface area contributed by atoms with E-state index in [1.165, 1.54) is 11.8 Å². The van der Waals surface area contributed by atoms with Gasteiger partial charge < -0.3 is 19.4 Å². The van der Waals surface area contributed by atoms with Crippen molar-refractivity contribution in [1.29, 1.82) is 0 Å². The van der Waals surface area contributed by atoms with E-state index >= 15 is 0 Å².